The van der Waals surface area contributed by atoms with E-state index in [4.69, 9.17) is 17.3 Å². The largest absolute Gasteiger partial charge is 0.325 e. The Bertz CT molecular complexity index is 342. The van der Waals surface area contributed by atoms with Crippen molar-refractivity contribution in [2.45, 2.75) is 32.7 Å². The van der Waals surface area contributed by atoms with E-state index in [1.54, 1.807) is 13.0 Å². The van der Waals surface area contributed by atoms with Gasteiger partial charge in [-0.1, -0.05) is 23.7 Å². The quantitative estimate of drug-likeness (QED) is 0.806. The highest BCUT2D eigenvalue weighted by Gasteiger charge is 2.16. The molecule has 0 saturated heterocycles. The molecule has 0 heterocycles. The van der Waals surface area contributed by atoms with Crippen LogP contribution in [-0.4, -0.2) is 5.54 Å². The minimum atomic E-state index is -0.370. The summed E-state index contributed by atoms with van der Waals surface area (Å²) in [6.45, 7) is 5.47. The van der Waals surface area contributed by atoms with Gasteiger partial charge in [0.25, 0.3) is 0 Å². The summed E-state index contributed by atoms with van der Waals surface area (Å²) < 4.78 is 13.4. The van der Waals surface area contributed by atoms with Gasteiger partial charge in [-0.3, -0.25) is 0 Å². The third-order valence-corrected chi connectivity index (χ3v) is 2.41. The summed E-state index contributed by atoms with van der Waals surface area (Å²) in [5.41, 5.74) is 6.80. The van der Waals surface area contributed by atoms with Gasteiger partial charge in [0.15, 0.2) is 0 Å². The summed E-state index contributed by atoms with van der Waals surface area (Å²) in [7, 11) is 0. The molecule has 2 N–H and O–H groups in total. The molecule has 1 aromatic rings. The van der Waals surface area contributed by atoms with Crippen LogP contribution in [0.4, 0.5) is 4.39 Å². The number of nitrogens with two attached hydrogens (primary N) is 1. The molecule has 1 rings (SSSR count). The van der Waals surface area contributed by atoms with Crippen molar-refractivity contribution >= 4 is 11.6 Å². The molecule has 1 aromatic carbocycles. The first-order valence-electron chi connectivity index (χ1n) is 4.53. The van der Waals surface area contributed by atoms with Crippen molar-refractivity contribution in [2.24, 2.45) is 5.73 Å². The van der Waals surface area contributed by atoms with Gasteiger partial charge in [-0.25, -0.2) is 4.39 Å². The van der Waals surface area contributed by atoms with Crippen molar-refractivity contribution in [1.29, 1.82) is 0 Å². The number of hydrogen-bond acceptors (Lipinski definition) is 1. The van der Waals surface area contributed by atoms with Gasteiger partial charge in [0.2, 0.25) is 0 Å². The van der Waals surface area contributed by atoms with Crippen LogP contribution in [0.1, 0.15) is 25.0 Å². The van der Waals surface area contributed by atoms with E-state index in [1.807, 2.05) is 19.9 Å². The maximum Gasteiger partial charge on any atom is 0.144 e. The van der Waals surface area contributed by atoms with Crippen molar-refractivity contribution in [1.82, 2.24) is 0 Å². The van der Waals surface area contributed by atoms with Crippen molar-refractivity contribution in [3.63, 3.8) is 0 Å². The van der Waals surface area contributed by atoms with Crippen LogP contribution < -0.4 is 5.73 Å². The third-order valence-electron chi connectivity index (χ3n) is 2.00. The normalized spacial score (nSPS) is 11.9. The van der Waals surface area contributed by atoms with Crippen LogP contribution in [0.25, 0.3) is 0 Å². The van der Waals surface area contributed by atoms with Crippen molar-refractivity contribution < 1.29 is 4.39 Å². The van der Waals surface area contributed by atoms with Crippen LogP contribution in [0.5, 0.6) is 0 Å². The lowest BCUT2D eigenvalue weighted by Crippen LogP contribution is -2.34. The average Bonchev–Trinajstić information content (AvgIpc) is 2.04. The van der Waals surface area contributed by atoms with Crippen LogP contribution in [-0.2, 0) is 6.42 Å². The first kappa shape index (κ1) is 11.5. The molecule has 0 radical (unpaired) electrons. The molecule has 0 atom stereocenters. The first-order chi connectivity index (χ1) is 6.31. The standard InChI is InChI=1S/C11H15ClFN/c1-7-4-5-8(6-11(2,3)14)9(12)10(7)13/h4-5H,6,14H2,1-3H3. The molecule has 0 unspecified atom stereocenters. The van der Waals surface area contributed by atoms with E-state index in [-0.39, 0.29) is 16.4 Å². The van der Waals surface area contributed by atoms with Crippen LogP contribution >= 0.6 is 11.6 Å². The second-order valence-electron chi connectivity index (χ2n) is 4.33. The Morgan fingerprint density at radius 1 is 1.43 bits per heavy atom. The van der Waals surface area contributed by atoms with E-state index >= 15 is 0 Å². The van der Waals surface area contributed by atoms with Crippen LogP contribution in [0, 0.1) is 12.7 Å². The Kier molecular flexibility index (Phi) is 3.17. The molecule has 0 fully saturated rings. The highest BCUT2D eigenvalue weighted by molar-refractivity contribution is 6.31. The van der Waals surface area contributed by atoms with Gasteiger partial charge in [0.1, 0.15) is 5.82 Å². The van der Waals surface area contributed by atoms with Gasteiger partial charge in [-0.2, -0.15) is 0 Å². The van der Waals surface area contributed by atoms with Crippen LogP contribution in [0.2, 0.25) is 5.02 Å². The Hall–Kier alpha value is -0.600. The van der Waals surface area contributed by atoms with E-state index in [9.17, 15) is 4.39 Å². The highest BCUT2D eigenvalue weighted by Crippen LogP contribution is 2.25. The monoisotopic (exact) mass is 215 g/mol. The van der Waals surface area contributed by atoms with E-state index in [2.05, 4.69) is 0 Å². The molecule has 0 bridgehead atoms. The van der Waals surface area contributed by atoms with Gasteiger partial charge in [0.05, 0.1) is 5.02 Å². The van der Waals surface area contributed by atoms with Gasteiger partial charge in [0, 0.05) is 5.54 Å². The summed E-state index contributed by atoms with van der Waals surface area (Å²) in [6.07, 6.45) is 0.572. The summed E-state index contributed by atoms with van der Waals surface area (Å²) in [5.74, 6) is -0.339. The fourth-order valence-corrected chi connectivity index (χ4v) is 1.59. The second kappa shape index (κ2) is 3.87. The van der Waals surface area contributed by atoms with Gasteiger partial charge in [-0.05, 0) is 38.3 Å². The fraction of sp³-hybridized carbons (Fsp3) is 0.455. The van der Waals surface area contributed by atoms with Crippen molar-refractivity contribution in [2.75, 3.05) is 0 Å². The molecular weight excluding hydrogens is 201 g/mol. The molecule has 0 aromatic heterocycles. The Balaban J connectivity index is 3.06. The van der Waals surface area contributed by atoms with E-state index in [0.29, 0.717) is 12.0 Å². The topological polar surface area (TPSA) is 26.0 Å². The lowest BCUT2D eigenvalue weighted by Gasteiger charge is -2.19. The van der Waals surface area contributed by atoms with Gasteiger partial charge >= 0.3 is 0 Å². The zero-order valence-electron chi connectivity index (χ0n) is 8.70. The smallest absolute Gasteiger partial charge is 0.144 e. The predicted octanol–water partition coefficient (Wildman–Crippen LogP) is 3.07. The molecule has 1 nitrogen and oxygen atoms in total. The lowest BCUT2D eigenvalue weighted by atomic mass is 9.95. The summed E-state index contributed by atoms with van der Waals surface area (Å²) in [6, 6.07) is 3.55. The number of benzene rings is 1. The molecule has 78 valence electrons. The Labute approximate surface area is 89.1 Å². The van der Waals surface area contributed by atoms with E-state index in [0.717, 1.165) is 5.56 Å². The SMILES string of the molecule is Cc1ccc(CC(C)(C)N)c(Cl)c1F. The molecule has 3 heteroatoms. The minimum Gasteiger partial charge on any atom is -0.325 e. The molecule has 0 spiro atoms. The summed E-state index contributed by atoms with van der Waals surface area (Å²) in [4.78, 5) is 0. The minimum absolute atomic E-state index is 0.198. The maximum atomic E-state index is 13.4. The van der Waals surface area contributed by atoms with Crippen molar-refractivity contribution in [3.05, 3.63) is 34.1 Å². The molecule has 0 aliphatic rings. The lowest BCUT2D eigenvalue weighted by molar-refractivity contribution is 0.514. The van der Waals surface area contributed by atoms with Gasteiger partial charge in [-0.15, -0.1) is 0 Å². The average molecular weight is 216 g/mol. The molecule has 0 aliphatic carbocycles. The number of halogens is 2. The van der Waals surface area contributed by atoms with Crippen LogP contribution in [0.15, 0.2) is 12.1 Å². The number of aryl methyl sites for hydroxylation is 1. The van der Waals surface area contributed by atoms with E-state index in [1.165, 1.54) is 0 Å². The zero-order chi connectivity index (χ0) is 10.9. The molecular formula is C11H15ClFN. The fourth-order valence-electron chi connectivity index (χ4n) is 1.31. The third kappa shape index (κ3) is 2.69. The van der Waals surface area contributed by atoms with Crippen molar-refractivity contribution in [3.8, 4) is 0 Å². The zero-order valence-corrected chi connectivity index (χ0v) is 9.45. The number of rotatable bonds is 2. The molecule has 0 amide bonds. The Morgan fingerprint density at radius 2 is 2.00 bits per heavy atom. The van der Waals surface area contributed by atoms with E-state index < -0.39 is 0 Å². The summed E-state index contributed by atoms with van der Waals surface area (Å²) >= 11 is 5.87. The Morgan fingerprint density at radius 3 is 2.50 bits per heavy atom. The predicted molar refractivity (Wildman–Crippen MR) is 58.1 cm³/mol. The second-order valence-corrected chi connectivity index (χ2v) is 4.71. The summed E-state index contributed by atoms with van der Waals surface area (Å²) in [5, 5.41) is 0.198. The highest BCUT2D eigenvalue weighted by atomic mass is 35.5. The number of hydrogen-bond donors (Lipinski definition) is 1. The molecule has 0 saturated carbocycles. The van der Waals surface area contributed by atoms with Gasteiger partial charge < -0.3 is 5.73 Å². The molecule has 0 aliphatic heterocycles. The molecule has 14 heavy (non-hydrogen) atoms. The van der Waals surface area contributed by atoms with Crippen LogP contribution in [0.3, 0.4) is 0 Å². The first-order valence-corrected chi connectivity index (χ1v) is 4.91. The maximum absolute atomic E-state index is 13.4.